The highest BCUT2D eigenvalue weighted by Gasteiger charge is 2.12. The Morgan fingerprint density at radius 2 is 1.83 bits per heavy atom. The molecule has 0 fully saturated rings. The normalized spacial score (nSPS) is 10.4. The first-order valence-corrected chi connectivity index (χ1v) is 8.34. The Morgan fingerprint density at radius 1 is 1.17 bits per heavy atom. The molecule has 0 aliphatic heterocycles. The van der Waals surface area contributed by atoms with Crippen molar-refractivity contribution in [2.24, 2.45) is 0 Å². The number of carbonyl (C=O) groups is 2. The molecule has 0 atom stereocenters. The lowest BCUT2D eigenvalue weighted by Gasteiger charge is -2.18. The third-order valence-electron chi connectivity index (χ3n) is 3.60. The monoisotopic (exact) mass is 377 g/mol. The molecule has 1 aromatic heterocycles. The fourth-order valence-electron chi connectivity index (χ4n) is 2.24. The maximum Gasteiger partial charge on any atom is 0.267 e. The Balaban J connectivity index is 1.95. The van der Waals surface area contributed by atoms with E-state index in [4.69, 9.17) is 0 Å². The van der Waals surface area contributed by atoms with Crippen LogP contribution in [0.2, 0.25) is 0 Å². The minimum atomic E-state index is -0.168. The molecule has 0 unspecified atom stereocenters. The second-order valence-corrected chi connectivity index (χ2v) is 6.00. The summed E-state index contributed by atoms with van der Waals surface area (Å²) in [5, 5.41) is 2.84. The number of amides is 2. The van der Waals surface area contributed by atoms with E-state index in [2.05, 4.69) is 26.2 Å². The number of hydrogen-bond donors (Lipinski definition) is 2. The first-order valence-electron chi connectivity index (χ1n) is 7.55. The van der Waals surface area contributed by atoms with Crippen LogP contribution in [0.5, 0.6) is 0 Å². The summed E-state index contributed by atoms with van der Waals surface area (Å²) < 4.78 is 0.835. The number of carbonyl (C=O) groups excluding carboxylic acids is 2. The van der Waals surface area contributed by atoms with Gasteiger partial charge in [-0.1, -0.05) is 12.1 Å². The van der Waals surface area contributed by atoms with Gasteiger partial charge in [-0.15, -0.1) is 0 Å². The summed E-state index contributed by atoms with van der Waals surface area (Å²) in [6.07, 6.45) is 1.71. The Kier molecular flexibility index (Phi) is 5.98. The molecular formula is C17H20BrN3O2. The van der Waals surface area contributed by atoms with E-state index in [1.165, 1.54) is 0 Å². The number of aromatic nitrogens is 1. The van der Waals surface area contributed by atoms with Crippen LogP contribution in [0, 0.1) is 0 Å². The summed E-state index contributed by atoms with van der Waals surface area (Å²) >= 11 is 3.29. The molecule has 0 bridgehead atoms. The quantitative estimate of drug-likeness (QED) is 0.811. The summed E-state index contributed by atoms with van der Waals surface area (Å²) in [6, 6.07) is 9.05. The highest BCUT2D eigenvalue weighted by atomic mass is 79.9. The van der Waals surface area contributed by atoms with Crippen molar-refractivity contribution in [2.75, 3.05) is 13.1 Å². The molecule has 0 aliphatic rings. The molecule has 2 rings (SSSR count). The molecule has 2 aromatic rings. The molecule has 5 nitrogen and oxygen atoms in total. The molecule has 122 valence electrons. The predicted octanol–water partition coefficient (Wildman–Crippen LogP) is 3.19. The standard InChI is InChI=1S/C17H20BrN3O2/c1-3-21(4-2)17(23)13-7-5-12(6-8-13)10-20-16(22)15-9-14(18)11-19-15/h5-9,11,19H,3-4,10H2,1-2H3,(H,20,22). The highest BCUT2D eigenvalue weighted by Crippen LogP contribution is 2.11. The van der Waals surface area contributed by atoms with Crippen LogP contribution < -0.4 is 5.32 Å². The van der Waals surface area contributed by atoms with E-state index in [-0.39, 0.29) is 11.8 Å². The number of H-pyrrole nitrogens is 1. The molecule has 0 spiro atoms. The van der Waals surface area contributed by atoms with Crippen LogP contribution in [0.25, 0.3) is 0 Å². The fraction of sp³-hybridized carbons (Fsp3) is 0.294. The molecule has 1 heterocycles. The first kappa shape index (κ1) is 17.3. The van der Waals surface area contributed by atoms with Crippen molar-refractivity contribution in [3.05, 3.63) is 57.8 Å². The molecular weight excluding hydrogens is 358 g/mol. The summed E-state index contributed by atoms with van der Waals surface area (Å²) in [4.78, 5) is 28.8. The van der Waals surface area contributed by atoms with Crippen LogP contribution in [0.3, 0.4) is 0 Å². The van der Waals surface area contributed by atoms with Crippen molar-refractivity contribution in [1.29, 1.82) is 0 Å². The van der Waals surface area contributed by atoms with E-state index in [0.717, 1.165) is 10.0 Å². The zero-order valence-electron chi connectivity index (χ0n) is 13.2. The van der Waals surface area contributed by atoms with E-state index < -0.39 is 0 Å². The van der Waals surface area contributed by atoms with Crippen molar-refractivity contribution >= 4 is 27.7 Å². The molecule has 2 N–H and O–H groups in total. The summed E-state index contributed by atoms with van der Waals surface area (Å²) in [6.45, 7) is 5.72. The second kappa shape index (κ2) is 7.97. The van der Waals surface area contributed by atoms with Crippen LogP contribution in [0.15, 0.2) is 41.0 Å². The number of nitrogens with zero attached hydrogens (tertiary/aromatic N) is 1. The zero-order valence-corrected chi connectivity index (χ0v) is 14.8. The van der Waals surface area contributed by atoms with E-state index in [9.17, 15) is 9.59 Å². The molecule has 23 heavy (non-hydrogen) atoms. The predicted molar refractivity (Wildman–Crippen MR) is 93.4 cm³/mol. The molecule has 0 radical (unpaired) electrons. The number of aromatic amines is 1. The number of nitrogens with one attached hydrogen (secondary N) is 2. The van der Waals surface area contributed by atoms with Gasteiger partial charge in [0.2, 0.25) is 0 Å². The molecule has 0 saturated heterocycles. The van der Waals surface area contributed by atoms with Gasteiger partial charge in [0, 0.05) is 35.9 Å². The Morgan fingerprint density at radius 3 is 2.35 bits per heavy atom. The number of hydrogen-bond acceptors (Lipinski definition) is 2. The van der Waals surface area contributed by atoms with Gasteiger partial charge < -0.3 is 15.2 Å². The maximum atomic E-state index is 12.2. The highest BCUT2D eigenvalue weighted by molar-refractivity contribution is 9.10. The topological polar surface area (TPSA) is 65.2 Å². The van der Waals surface area contributed by atoms with E-state index in [1.54, 1.807) is 29.3 Å². The van der Waals surface area contributed by atoms with Gasteiger partial charge in [0.15, 0.2) is 0 Å². The van der Waals surface area contributed by atoms with Crippen molar-refractivity contribution in [2.45, 2.75) is 20.4 Å². The van der Waals surface area contributed by atoms with Gasteiger partial charge in [0.25, 0.3) is 11.8 Å². The molecule has 0 aliphatic carbocycles. The van der Waals surface area contributed by atoms with Gasteiger partial charge in [0.1, 0.15) is 5.69 Å². The Hall–Kier alpha value is -2.08. The van der Waals surface area contributed by atoms with Crippen molar-refractivity contribution in [3.8, 4) is 0 Å². The van der Waals surface area contributed by atoms with Crippen LogP contribution in [-0.2, 0) is 6.54 Å². The van der Waals surface area contributed by atoms with E-state index >= 15 is 0 Å². The van der Waals surface area contributed by atoms with Crippen LogP contribution >= 0.6 is 15.9 Å². The zero-order chi connectivity index (χ0) is 16.8. The maximum absolute atomic E-state index is 12.2. The Labute approximate surface area is 144 Å². The van der Waals surface area contributed by atoms with Crippen LogP contribution in [0.1, 0.15) is 40.3 Å². The molecule has 2 amide bonds. The summed E-state index contributed by atoms with van der Waals surface area (Å²) in [7, 11) is 0. The average Bonchev–Trinajstić information content (AvgIpc) is 3.00. The van der Waals surface area contributed by atoms with Gasteiger partial charge in [0.05, 0.1) is 0 Å². The van der Waals surface area contributed by atoms with Crippen molar-refractivity contribution < 1.29 is 9.59 Å². The molecule has 6 heteroatoms. The minimum absolute atomic E-state index is 0.0295. The van der Waals surface area contributed by atoms with Gasteiger partial charge in [-0.25, -0.2) is 0 Å². The summed E-state index contributed by atoms with van der Waals surface area (Å²) in [5.74, 6) is -0.138. The largest absolute Gasteiger partial charge is 0.356 e. The fourth-order valence-corrected chi connectivity index (χ4v) is 2.58. The Bertz CT molecular complexity index is 675. The van der Waals surface area contributed by atoms with Gasteiger partial charge in [-0.2, -0.15) is 0 Å². The third-order valence-corrected chi connectivity index (χ3v) is 4.05. The van der Waals surface area contributed by atoms with Gasteiger partial charge in [-0.3, -0.25) is 9.59 Å². The van der Waals surface area contributed by atoms with E-state index in [1.807, 2.05) is 26.0 Å². The lowest BCUT2D eigenvalue weighted by molar-refractivity contribution is 0.0772. The molecule has 0 saturated carbocycles. The van der Waals surface area contributed by atoms with Crippen LogP contribution in [-0.4, -0.2) is 34.8 Å². The SMILES string of the molecule is CCN(CC)C(=O)c1ccc(CNC(=O)c2cc(Br)c[nH]2)cc1. The first-order chi connectivity index (χ1) is 11.0. The lowest BCUT2D eigenvalue weighted by atomic mass is 10.1. The number of halogens is 1. The van der Waals surface area contributed by atoms with Crippen molar-refractivity contribution in [3.63, 3.8) is 0 Å². The minimum Gasteiger partial charge on any atom is -0.356 e. The number of benzene rings is 1. The lowest BCUT2D eigenvalue weighted by Crippen LogP contribution is -2.30. The van der Waals surface area contributed by atoms with E-state index in [0.29, 0.717) is 30.9 Å². The smallest absolute Gasteiger partial charge is 0.267 e. The second-order valence-electron chi connectivity index (χ2n) is 5.09. The molecule has 1 aromatic carbocycles. The summed E-state index contributed by atoms with van der Waals surface area (Å²) in [5.41, 5.74) is 2.11. The van der Waals surface area contributed by atoms with Crippen LogP contribution in [0.4, 0.5) is 0 Å². The van der Waals surface area contributed by atoms with Crippen molar-refractivity contribution in [1.82, 2.24) is 15.2 Å². The van der Waals surface area contributed by atoms with Gasteiger partial charge >= 0.3 is 0 Å². The average molecular weight is 378 g/mol. The third kappa shape index (κ3) is 4.45. The number of rotatable bonds is 6. The van der Waals surface area contributed by atoms with Gasteiger partial charge in [-0.05, 0) is 53.5 Å².